The zero-order valence-electron chi connectivity index (χ0n) is 11.3. The van der Waals surface area contributed by atoms with E-state index in [9.17, 15) is 5.11 Å². The summed E-state index contributed by atoms with van der Waals surface area (Å²) in [5.74, 6) is 1.61. The van der Waals surface area contributed by atoms with Gasteiger partial charge < -0.3 is 9.84 Å². The molecule has 1 N–H and O–H groups in total. The molecule has 2 rings (SSSR count). The van der Waals surface area contributed by atoms with Gasteiger partial charge >= 0.3 is 0 Å². The summed E-state index contributed by atoms with van der Waals surface area (Å²) >= 11 is 0. The van der Waals surface area contributed by atoms with Gasteiger partial charge in [0.15, 0.2) is 0 Å². The molecule has 1 aromatic rings. The third-order valence-electron chi connectivity index (χ3n) is 3.94. The fourth-order valence-corrected chi connectivity index (χ4v) is 2.96. The molecule has 1 aliphatic carbocycles. The molecule has 18 heavy (non-hydrogen) atoms. The second-order valence-corrected chi connectivity index (χ2v) is 5.45. The van der Waals surface area contributed by atoms with Crippen LogP contribution in [-0.4, -0.2) is 18.3 Å². The summed E-state index contributed by atoms with van der Waals surface area (Å²) in [7, 11) is 1.68. The molecule has 1 unspecified atom stereocenters. The van der Waals surface area contributed by atoms with E-state index in [-0.39, 0.29) is 6.10 Å². The highest BCUT2D eigenvalue weighted by Crippen LogP contribution is 2.28. The van der Waals surface area contributed by atoms with Crippen LogP contribution in [0, 0.1) is 5.92 Å². The highest BCUT2D eigenvalue weighted by Gasteiger charge is 2.17. The Labute approximate surface area is 110 Å². The molecule has 0 radical (unpaired) electrons. The second kappa shape index (κ2) is 6.79. The van der Waals surface area contributed by atoms with E-state index in [4.69, 9.17) is 4.74 Å². The minimum Gasteiger partial charge on any atom is -0.497 e. The molecule has 1 atom stereocenters. The van der Waals surface area contributed by atoms with Crippen LogP contribution in [-0.2, 0) is 6.42 Å². The first-order valence-corrected chi connectivity index (χ1v) is 7.09. The summed E-state index contributed by atoms with van der Waals surface area (Å²) in [5, 5.41) is 10.2. The molecule has 1 saturated carbocycles. The second-order valence-electron chi connectivity index (χ2n) is 5.45. The summed E-state index contributed by atoms with van der Waals surface area (Å²) in [6.07, 6.45) is 8.16. The van der Waals surface area contributed by atoms with Gasteiger partial charge in [0.2, 0.25) is 0 Å². The van der Waals surface area contributed by atoms with Gasteiger partial charge in [-0.25, -0.2) is 0 Å². The van der Waals surface area contributed by atoms with Gasteiger partial charge in [-0.05, 0) is 36.5 Å². The number of ether oxygens (including phenoxy) is 1. The maximum Gasteiger partial charge on any atom is 0.119 e. The number of rotatable bonds is 5. The Morgan fingerprint density at radius 3 is 2.78 bits per heavy atom. The van der Waals surface area contributed by atoms with Crippen LogP contribution in [0.5, 0.6) is 5.75 Å². The van der Waals surface area contributed by atoms with Crippen LogP contribution in [0.25, 0.3) is 0 Å². The number of hydrogen-bond donors (Lipinski definition) is 1. The Morgan fingerprint density at radius 1 is 1.28 bits per heavy atom. The lowest BCUT2D eigenvalue weighted by atomic mass is 9.84. The lowest BCUT2D eigenvalue weighted by molar-refractivity contribution is 0.130. The van der Waals surface area contributed by atoms with Gasteiger partial charge in [-0.3, -0.25) is 0 Å². The minimum absolute atomic E-state index is 0.208. The lowest BCUT2D eigenvalue weighted by Gasteiger charge is -2.24. The van der Waals surface area contributed by atoms with Crippen molar-refractivity contribution in [1.29, 1.82) is 0 Å². The van der Waals surface area contributed by atoms with Crippen LogP contribution in [0.3, 0.4) is 0 Å². The Morgan fingerprint density at radius 2 is 2.06 bits per heavy atom. The van der Waals surface area contributed by atoms with Crippen molar-refractivity contribution in [1.82, 2.24) is 0 Å². The highest BCUT2D eigenvalue weighted by molar-refractivity contribution is 5.28. The number of benzene rings is 1. The van der Waals surface area contributed by atoms with Crippen molar-refractivity contribution in [3.8, 4) is 5.75 Å². The van der Waals surface area contributed by atoms with E-state index in [1.807, 2.05) is 18.2 Å². The van der Waals surface area contributed by atoms with E-state index in [2.05, 4.69) is 6.07 Å². The van der Waals surface area contributed by atoms with Crippen molar-refractivity contribution in [2.45, 2.75) is 51.0 Å². The van der Waals surface area contributed by atoms with Crippen molar-refractivity contribution in [2.75, 3.05) is 7.11 Å². The zero-order chi connectivity index (χ0) is 12.8. The van der Waals surface area contributed by atoms with E-state index >= 15 is 0 Å². The first-order valence-electron chi connectivity index (χ1n) is 7.09. The zero-order valence-corrected chi connectivity index (χ0v) is 11.3. The Hall–Kier alpha value is -1.02. The highest BCUT2D eigenvalue weighted by atomic mass is 16.5. The fraction of sp³-hybridized carbons (Fsp3) is 0.625. The van der Waals surface area contributed by atoms with Crippen molar-refractivity contribution in [2.24, 2.45) is 5.92 Å². The van der Waals surface area contributed by atoms with E-state index < -0.39 is 0 Å². The standard InChI is InChI=1S/C16H24O2/c1-18-16-9-5-8-14(12-16)11-15(17)10-13-6-3-2-4-7-13/h5,8-9,12-13,15,17H,2-4,6-7,10-11H2,1H3. The van der Waals surface area contributed by atoms with Crippen LogP contribution >= 0.6 is 0 Å². The maximum absolute atomic E-state index is 10.2. The van der Waals surface area contributed by atoms with Crippen molar-refractivity contribution >= 4 is 0 Å². The molecule has 0 spiro atoms. The first kappa shape index (κ1) is 13.4. The molecule has 2 nitrogen and oxygen atoms in total. The smallest absolute Gasteiger partial charge is 0.119 e. The number of aliphatic hydroxyl groups is 1. The van der Waals surface area contributed by atoms with Crippen LogP contribution < -0.4 is 4.74 Å². The molecule has 1 aliphatic rings. The summed E-state index contributed by atoms with van der Waals surface area (Å²) in [6, 6.07) is 8.01. The average molecular weight is 248 g/mol. The molecule has 1 aromatic carbocycles. The summed E-state index contributed by atoms with van der Waals surface area (Å²) in [5.41, 5.74) is 1.16. The molecule has 0 saturated heterocycles. The fourth-order valence-electron chi connectivity index (χ4n) is 2.96. The first-order chi connectivity index (χ1) is 8.78. The molecule has 0 heterocycles. The molecule has 1 fully saturated rings. The summed E-state index contributed by atoms with van der Waals surface area (Å²) in [4.78, 5) is 0. The SMILES string of the molecule is COc1cccc(CC(O)CC2CCCCC2)c1. The van der Waals surface area contributed by atoms with E-state index in [0.29, 0.717) is 0 Å². The minimum atomic E-state index is -0.208. The molecule has 0 bridgehead atoms. The molecule has 2 heteroatoms. The maximum atomic E-state index is 10.2. The van der Waals surface area contributed by atoms with Gasteiger partial charge in [-0.15, -0.1) is 0 Å². The molecule has 100 valence electrons. The normalized spacial score (nSPS) is 18.6. The van der Waals surface area contributed by atoms with Gasteiger partial charge in [-0.1, -0.05) is 44.2 Å². The number of aliphatic hydroxyl groups excluding tert-OH is 1. The Kier molecular flexibility index (Phi) is 5.06. The average Bonchev–Trinajstić information content (AvgIpc) is 2.40. The Bertz CT molecular complexity index is 356. The van der Waals surface area contributed by atoms with Crippen molar-refractivity contribution in [3.63, 3.8) is 0 Å². The van der Waals surface area contributed by atoms with Crippen LogP contribution in [0.2, 0.25) is 0 Å². The van der Waals surface area contributed by atoms with Crippen LogP contribution in [0.1, 0.15) is 44.1 Å². The molecule has 0 aromatic heterocycles. The van der Waals surface area contributed by atoms with Crippen LogP contribution in [0.4, 0.5) is 0 Å². The monoisotopic (exact) mass is 248 g/mol. The van der Waals surface area contributed by atoms with E-state index in [0.717, 1.165) is 30.1 Å². The van der Waals surface area contributed by atoms with Gasteiger partial charge in [0.1, 0.15) is 5.75 Å². The van der Waals surface area contributed by atoms with Gasteiger partial charge in [0, 0.05) is 0 Å². The van der Waals surface area contributed by atoms with Gasteiger partial charge in [-0.2, -0.15) is 0 Å². The molecule has 0 aliphatic heterocycles. The summed E-state index contributed by atoms with van der Waals surface area (Å²) in [6.45, 7) is 0. The topological polar surface area (TPSA) is 29.5 Å². The van der Waals surface area contributed by atoms with Gasteiger partial charge in [0.05, 0.1) is 13.2 Å². The van der Waals surface area contributed by atoms with E-state index in [1.165, 1.54) is 32.1 Å². The quantitative estimate of drug-likeness (QED) is 0.863. The van der Waals surface area contributed by atoms with E-state index in [1.54, 1.807) is 7.11 Å². The predicted molar refractivity (Wildman–Crippen MR) is 73.9 cm³/mol. The third-order valence-corrected chi connectivity index (χ3v) is 3.94. The third kappa shape index (κ3) is 4.02. The van der Waals surface area contributed by atoms with Crippen LogP contribution in [0.15, 0.2) is 24.3 Å². The van der Waals surface area contributed by atoms with Gasteiger partial charge in [0.25, 0.3) is 0 Å². The summed E-state index contributed by atoms with van der Waals surface area (Å²) < 4.78 is 5.20. The lowest BCUT2D eigenvalue weighted by Crippen LogP contribution is -2.18. The predicted octanol–water partition coefficient (Wildman–Crippen LogP) is 3.57. The Balaban J connectivity index is 1.83. The van der Waals surface area contributed by atoms with Crippen molar-refractivity contribution in [3.05, 3.63) is 29.8 Å². The molecular weight excluding hydrogens is 224 g/mol. The van der Waals surface area contributed by atoms with Crippen molar-refractivity contribution < 1.29 is 9.84 Å². The number of hydrogen-bond acceptors (Lipinski definition) is 2. The number of methoxy groups -OCH3 is 1. The largest absolute Gasteiger partial charge is 0.497 e. The molecular formula is C16H24O2. The molecule has 0 amide bonds.